The molecule has 5 nitrogen and oxygen atoms in total. The van der Waals surface area contributed by atoms with Gasteiger partial charge in [0.2, 0.25) is 6.79 Å². The van der Waals surface area contributed by atoms with Gasteiger partial charge < -0.3 is 15.2 Å². The van der Waals surface area contributed by atoms with Crippen LogP contribution < -0.4 is 15.2 Å². The highest BCUT2D eigenvalue weighted by Crippen LogP contribution is 2.40. The molecule has 0 unspecified atom stereocenters. The third kappa shape index (κ3) is 1.20. The van der Waals surface area contributed by atoms with E-state index in [0.717, 1.165) is 22.8 Å². The van der Waals surface area contributed by atoms with Crippen molar-refractivity contribution >= 4 is 5.82 Å². The maximum Gasteiger partial charge on any atom is 0.231 e. The van der Waals surface area contributed by atoms with Crippen LogP contribution in [0.4, 0.5) is 5.82 Å². The molecule has 1 aromatic heterocycles. The van der Waals surface area contributed by atoms with E-state index >= 15 is 0 Å². The van der Waals surface area contributed by atoms with Crippen LogP contribution in [-0.4, -0.2) is 17.0 Å². The van der Waals surface area contributed by atoms with E-state index in [2.05, 4.69) is 10.2 Å². The number of rotatable bonds is 1. The van der Waals surface area contributed by atoms with Gasteiger partial charge >= 0.3 is 0 Å². The molecule has 3 rings (SSSR count). The third-order valence-electron chi connectivity index (χ3n) is 2.28. The number of benzene rings is 1. The van der Waals surface area contributed by atoms with Gasteiger partial charge in [-0.3, -0.25) is 5.10 Å². The molecule has 1 aliphatic heterocycles. The summed E-state index contributed by atoms with van der Waals surface area (Å²) in [4.78, 5) is 0. The van der Waals surface area contributed by atoms with Crippen LogP contribution in [0.15, 0.2) is 24.3 Å². The standard InChI is InChI=1S/C10H9N3O2/c11-9-4-7(12-13-9)6-2-1-3-8-10(6)15-5-14-8/h1-4H,5H2,(H3,11,12,13). The minimum Gasteiger partial charge on any atom is -0.454 e. The largest absolute Gasteiger partial charge is 0.454 e. The molecule has 1 aliphatic rings. The lowest BCUT2D eigenvalue weighted by Gasteiger charge is -2.01. The average molecular weight is 203 g/mol. The van der Waals surface area contributed by atoms with Crippen LogP contribution in [0.5, 0.6) is 11.5 Å². The third-order valence-corrected chi connectivity index (χ3v) is 2.28. The zero-order valence-corrected chi connectivity index (χ0v) is 7.86. The van der Waals surface area contributed by atoms with Crippen molar-refractivity contribution < 1.29 is 9.47 Å². The van der Waals surface area contributed by atoms with E-state index in [1.165, 1.54) is 0 Å². The number of aromatic amines is 1. The van der Waals surface area contributed by atoms with Crippen LogP contribution in [0.1, 0.15) is 0 Å². The average Bonchev–Trinajstić information content (AvgIpc) is 2.84. The van der Waals surface area contributed by atoms with Gasteiger partial charge in [0.05, 0.1) is 5.69 Å². The summed E-state index contributed by atoms with van der Waals surface area (Å²) in [6, 6.07) is 7.46. The highest BCUT2D eigenvalue weighted by molar-refractivity contribution is 5.73. The first-order valence-electron chi connectivity index (χ1n) is 4.54. The molecule has 1 aromatic carbocycles. The second-order valence-corrected chi connectivity index (χ2v) is 3.25. The number of hydrogen-bond acceptors (Lipinski definition) is 4. The summed E-state index contributed by atoms with van der Waals surface area (Å²) in [6.45, 7) is 0.260. The first-order chi connectivity index (χ1) is 7.34. The van der Waals surface area contributed by atoms with Crippen LogP contribution in [0, 0.1) is 0 Å². The van der Waals surface area contributed by atoms with E-state index in [0.29, 0.717) is 5.82 Å². The predicted molar refractivity (Wildman–Crippen MR) is 54.6 cm³/mol. The quantitative estimate of drug-likeness (QED) is 0.734. The van der Waals surface area contributed by atoms with E-state index in [4.69, 9.17) is 15.2 Å². The Morgan fingerprint density at radius 1 is 1.33 bits per heavy atom. The molecule has 0 aliphatic carbocycles. The Bertz CT molecular complexity index is 507. The fraction of sp³-hybridized carbons (Fsp3) is 0.100. The zero-order valence-electron chi connectivity index (χ0n) is 7.86. The van der Waals surface area contributed by atoms with Crippen LogP contribution in [0.25, 0.3) is 11.3 Å². The number of nitrogens with one attached hydrogen (secondary N) is 1. The molecule has 3 N–H and O–H groups in total. The molecule has 0 atom stereocenters. The molecule has 0 saturated heterocycles. The molecule has 5 heteroatoms. The molecule has 2 aromatic rings. The van der Waals surface area contributed by atoms with E-state index < -0.39 is 0 Å². The van der Waals surface area contributed by atoms with Gasteiger partial charge in [-0.1, -0.05) is 6.07 Å². The summed E-state index contributed by atoms with van der Waals surface area (Å²) >= 11 is 0. The molecule has 76 valence electrons. The minimum absolute atomic E-state index is 0.260. The van der Waals surface area contributed by atoms with Crippen LogP contribution in [0.3, 0.4) is 0 Å². The second kappa shape index (κ2) is 2.91. The van der Waals surface area contributed by atoms with Gasteiger partial charge in [-0.2, -0.15) is 5.10 Å². The van der Waals surface area contributed by atoms with Gasteiger partial charge in [0, 0.05) is 11.6 Å². The number of nitrogens with two attached hydrogens (primary N) is 1. The maximum absolute atomic E-state index is 5.55. The lowest BCUT2D eigenvalue weighted by molar-refractivity contribution is 0.174. The van der Waals surface area contributed by atoms with Gasteiger partial charge in [-0.25, -0.2) is 0 Å². The lowest BCUT2D eigenvalue weighted by Crippen LogP contribution is -1.93. The number of fused-ring (bicyclic) bond motifs is 1. The van der Waals surface area contributed by atoms with Crippen molar-refractivity contribution in [3.8, 4) is 22.8 Å². The molecule has 0 saturated carbocycles. The topological polar surface area (TPSA) is 73.2 Å². The Morgan fingerprint density at radius 2 is 2.27 bits per heavy atom. The molecule has 0 fully saturated rings. The Hall–Kier alpha value is -2.17. The van der Waals surface area contributed by atoms with Crippen molar-refractivity contribution in [3.05, 3.63) is 24.3 Å². The van der Waals surface area contributed by atoms with Gasteiger partial charge in [0.25, 0.3) is 0 Å². The summed E-state index contributed by atoms with van der Waals surface area (Å²) in [7, 11) is 0. The molecule has 0 spiro atoms. The second-order valence-electron chi connectivity index (χ2n) is 3.25. The Kier molecular flexibility index (Phi) is 1.58. The fourth-order valence-corrected chi connectivity index (χ4v) is 1.62. The number of para-hydroxylation sites is 1. The molecule has 0 bridgehead atoms. The Morgan fingerprint density at radius 3 is 3.07 bits per heavy atom. The number of aromatic nitrogens is 2. The molecule has 0 radical (unpaired) electrons. The monoisotopic (exact) mass is 203 g/mol. The summed E-state index contributed by atoms with van der Waals surface area (Å²) < 4.78 is 10.7. The Labute approximate surface area is 85.8 Å². The lowest BCUT2D eigenvalue weighted by atomic mass is 10.1. The van der Waals surface area contributed by atoms with Gasteiger partial charge in [0.15, 0.2) is 11.5 Å². The number of nitrogens with zero attached hydrogens (tertiary/aromatic N) is 1. The van der Waals surface area contributed by atoms with E-state index in [-0.39, 0.29) is 6.79 Å². The van der Waals surface area contributed by atoms with Crippen molar-refractivity contribution in [3.63, 3.8) is 0 Å². The van der Waals surface area contributed by atoms with Crippen molar-refractivity contribution in [2.75, 3.05) is 12.5 Å². The number of H-pyrrole nitrogens is 1. The number of hydrogen-bond donors (Lipinski definition) is 2. The van der Waals surface area contributed by atoms with Crippen LogP contribution in [0.2, 0.25) is 0 Å². The first-order valence-corrected chi connectivity index (χ1v) is 4.54. The molecule has 0 amide bonds. The summed E-state index contributed by atoms with van der Waals surface area (Å²) in [5, 5.41) is 6.72. The number of anilines is 1. The van der Waals surface area contributed by atoms with Gasteiger partial charge in [0.1, 0.15) is 5.82 Å². The molecule has 2 heterocycles. The van der Waals surface area contributed by atoms with Crippen molar-refractivity contribution in [1.29, 1.82) is 0 Å². The number of nitrogen functional groups attached to an aromatic ring is 1. The Balaban J connectivity index is 2.16. The normalized spacial score (nSPS) is 13.1. The van der Waals surface area contributed by atoms with Gasteiger partial charge in [-0.05, 0) is 12.1 Å². The minimum atomic E-state index is 0.260. The van der Waals surface area contributed by atoms with Crippen LogP contribution >= 0.6 is 0 Å². The van der Waals surface area contributed by atoms with Crippen molar-refractivity contribution in [2.24, 2.45) is 0 Å². The van der Waals surface area contributed by atoms with E-state index in [9.17, 15) is 0 Å². The molecule has 15 heavy (non-hydrogen) atoms. The number of ether oxygens (including phenoxy) is 2. The van der Waals surface area contributed by atoms with Crippen LogP contribution in [-0.2, 0) is 0 Å². The summed E-state index contributed by atoms with van der Waals surface area (Å²) in [5.74, 6) is 1.95. The first kappa shape index (κ1) is 8.16. The molecular formula is C10H9N3O2. The highest BCUT2D eigenvalue weighted by atomic mass is 16.7. The van der Waals surface area contributed by atoms with E-state index in [1.54, 1.807) is 6.07 Å². The maximum atomic E-state index is 5.55. The zero-order chi connectivity index (χ0) is 10.3. The SMILES string of the molecule is Nc1cc(-c2cccc3c2OCO3)[nH]n1. The summed E-state index contributed by atoms with van der Waals surface area (Å²) in [5.41, 5.74) is 7.29. The summed E-state index contributed by atoms with van der Waals surface area (Å²) in [6.07, 6.45) is 0. The smallest absolute Gasteiger partial charge is 0.231 e. The predicted octanol–water partition coefficient (Wildman–Crippen LogP) is 1.39. The molecular weight excluding hydrogens is 194 g/mol. The van der Waals surface area contributed by atoms with Crippen molar-refractivity contribution in [2.45, 2.75) is 0 Å². The van der Waals surface area contributed by atoms with Gasteiger partial charge in [-0.15, -0.1) is 0 Å². The highest BCUT2D eigenvalue weighted by Gasteiger charge is 2.19. The van der Waals surface area contributed by atoms with Crippen molar-refractivity contribution in [1.82, 2.24) is 10.2 Å². The van der Waals surface area contributed by atoms with E-state index in [1.807, 2.05) is 18.2 Å². The fourth-order valence-electron chi connectivity index (χ4n) is 1.62.